The molecule has 0 fully saturated rings. The number of unbranched alkanes of at least 4 members (excludes halogenated alkanes) is 28. The van der Waals surface area contributed by atoms with E-state index in [9.17, 15) is 19.2 Å². The van der Waals surface area contributed by atoms with E-state index in [1.54, 1.807) is 21.6 Å². The van der Waals surface area contributed by atoms with Crippen LogP contribution in [-0.4, -0.2) is 87.7 Å². The highest BCUT2D eigenvalue weighted by Crippen LogP contribution is 2.22. The van der Waals surface area contributed by atoms with Gasteiger partial charge in [-0.2, -0.15) is 0 Å². The van der Waals surface area contributed by atoms with Gasteiger partial charge in [-0.25, -0.2) is 0 Å². The van der Waals surface area contributed by atoms with Crippen LogP contribution in [0.15, 0.2) is 0 Å². The van der Waals surface area contributed by atoms with Crippen LogP contribution < -0.4 is 21.3 Å². The van der Waals surface area contributed by atoms with Crippen LogP contribution in [0, 0.1) is 0 Å². The minimum absolute atomic E-state index is 0.0176. The first-order valence-corrected chi connectivity index (χ1v) is 28.4. The van der Waals surface area contributed by atoms with Crippen molar-refractivity contribution < 1.29 is 28.7 Å². The maximum Gasteiger partial charge on any atom is 0.220 e. The van der Waals surface area contributed by atoms with Crippen molar-refractivity contribution in [2.45, 2.75) is 232 Å². The Morgan fingerprint density at radius 2 is 0.516 bits per heavy atom. The van der Waals surface area contributed by atoms with E-state index in [1.165, 1.54) is 167 Å². The highest BCUT2D eigenvalue weighted by molar-refractivity contribution is 8.76. The molecule has 0 rings (SSSR count). The normalized spacial score (nSPS) is 11.2. The first kappa shape index (κ1) is 60.5. The molecule has 0 heterocycles. The summed E-state index contributed by atoms with van der Waals surface area (Å²) in [4.78, 5) is 48.3. The number of carbonyl (C=O) groups is 4. The van der Waals surface area contributed by atoms with E-state index in [1.807, 2.05) is 0 Å². The maximum absolute atomic E-state index is 12.1. The average molecular weight is 915 g/mol. The molecule has 0 radical (unpaired) electrons. The molecule has 0 spiro atoms. The van der Waals surface area contributed by atoms with Crippen molar-refractivity contribution in [3.63, 3.8) is 0 Å². The molecular formula is C50H98N4O6S2. The van der Waals surface area contributed by atoms with Crippen molar-refractivity contribution in [3.8, 4) is 0 Å². The molecule has 62 heavy (non-hydrogen) atoms. The second-order valence-corrected chi connectivity index (χ2v) is 19.9. The molecule has 10 nitrogen and oxygen atoms in total. The van der Waals surface area contributed by atoms with Crippen molar-refractivity contribution in [1.82, 2.24) is 21.3 Å². The third-order valence-electron chi connectivity index (χ3n) is 11.2. The SMILES string of the molecule is CCCCCCCCCCCCCCCCCC(=O)NCCOCCNC(=O)CCSSCCC(=O)NCCOCCNC(=O)CCCCCCCCCCCCCCCCC. The lowest BCUT2D eigenvalue weighted by Crippen LogP contribution is -2.30. The Hall–Kier alpha value is -1.50. The summed E-state index contributed by atoms with van der Waals surface area (Å²) in [6.45, 7) is 8.13. The summed E-state index contributed by atoms with van der Waals surface area (Å²) in [5.74, 6) is 1.49. The van der Waals surface area contributed by atoms with Crippen molar-refractivity contribution in [1.29, 1.82) is 0 Å². The van der Waals surface area contributed by atoms with Gasteiger partial charge in [0, 0.05) is 63.4 Å². The second-order valence-electron chi connectivity index (χ2n) is 17.2. The fourth-order valence-corrected chi connectivity index (χ4v) is 9.29. The zero-order valence-electron chi connectivity index (χ0n) is 40.4. The number of nitrogens with one attached hydrogen (secondary N) is 4. The zero-order valence-corrected chi connectivity index (χ0v) is 42.0. The van der Waals surface area contributed by atoms with E-state index < -0.39 is 0 Å². The summed E-state index contributed by atoms with van der Waals surface area (Å²) in [6, 6.07) is 0. The van der Waals surface area contributed by atoms with Gasteiger partial charge < -0.3 is 30.7 Å². The van der Waals surface area contributed by atoms with Crippen LogP contribution in [0.1, 0.15) is 232 Å². The molecule has 12 heteroatoms. The number of ether oxygens (including phenoxy) is 2. The van der Waals surface area contributed by atoms with Gasteiger partial charge in [-0.15, -0.1) is 0 Å². The number of hydrogen-bond donors (Lipinski definition) is 4. The summed E-state index contributed by atoms with van der Waals surface area (Å²) >= 11 is 0. The first-order chi connectivity index (χ1) is 30.5. The van der Waals surface area contributed by atoms with Gasteiger partial charge in [-0.3, -0.25) is 19.2 Å². The van der Waals surface area contributed by atoms with Crippen LogP contribution in [0.5, 0.6) is 0 Å². The summed E-state index contributed by atoms with van der Waals surface area (Å²) in [7, 11) is 3.18. The smallest absolute Gasteiger partial charge is 0.220 e. The largest absolute Gasteiger partial charge is 0.378 e. The Morgan fingerprint density at radius 1 is 0.306 bits per heavy atom. The fourth-order valence-electron chi connectivity index (χ4n) is 7.31. The highest BCUT2D eigenvalue weighted by Gasteiger charge is 2.06. The molecule has 366 valence electrons. The quantitative estimate of drug-likeness (QED) is 0.0350. The minimum atomic E-state index is -0.0176. The van der Waals surface area contributed by atoms with Crippen LogP contribution in [0.4, 0.5) is 0 Å². The van der Waals surface area contributed by atoms with Gasteiger partial charge in [-0.1, -0.05) is 215 Å². The molecular weight excluding hydrogens is 817 g/mol. The molecule has 0 aliphatic carbocycles. The third-order valence-corrected chi connectivity index (χ3v) is 13.6. The molecule has 0 aliphatic rings. The van der Waals surface area contributed by atoms with Crippen LogP contribution in [-0.2, 0) is 28.7 Å². The second kappa shape index (κ2) is 52.1. The Balaban J connectivity index is 3.36. The lowest BCUT2D eigenvalue weighted by Gasteiger charge is -2.08. The predicted octanol–water partition coefficient (Wildman–Crippen LogP) is 12.2. The van der Waals surface area contributed by atoms with Crippen LogP contribution in [0.3, 0.4) is 0 Å². The molecule has 0 aromatic rings. The lowest BCUT2D eigenvalue weighted by atomic mass is 10.0. The van der Waals surface area contributed by atoms with E-state index >= 15 is 0 Å². The Labute approximate surface area is 389 Å². The van der Waals surface area contributed by atoms with Gasteiger partial charge in [0.05, 0.1) is 26.4 Å². The maximum atomic E-state index is 12.1. The van der Waals surface area contributed by atoms with Gasteiger partial charge >= 0.3 is 0 Å². The molecule has 0 aromatic carbocycles. The Kier molecular flexibility index (Phi) is 50.9. The summed E-state index contributed by atoms with van der Waals surface area (Å²) in [5.41, 5.74) is 0. The molecule has 0 saturated carbocycles. The van der Waals surface area contributed by atoms with Crippen molar-refractivity contribution in [2.75, 3.05) is 64.1 Å². The fraction of sp³-hybridized carbons (Fsp3) is 0.920. The number of hydrogen-bond acceptors (Lipinski definition) is 8. The van der Waals surface area contributed by atoms with Crippen LogP contribution in [0.2, 0.25) is 0 Å². The van der Waals surface area contributed by atoms with E-state index in [0.717, 1.165) is 25.7 Å². The topological polar surface area (TPSA) is 135 Å². The summed E-state index contributed by atoms with van der Waals surface area (Å²) in [5, 5.41) is 11.6. The van der Waals surface area contributed by atoms with Gasteiger partial charge in [0.1, 0.15) is 0 Å². The summed E-state index contributed by atoms with van der Waals surface area (Å²) in [6.07, 6.45) is 41.5. The Bertz CT molecular complexity index is 919. The van der Waals surface area contributed by atoms with E-state index in [2.05, 4.69) is 35.1 Å². The average Bonchev–Trinajstić information content (AvgIpc) is 3.26. The molecule has 0 bridgehead atoms. The van der Waals surface area contributed by atoms with Gasteiger partial charge in [0.2, 0.25) is 23.6 Å². The highest BCUT2D eigenvalue weighted by atomic mass is 33.1. The van der Waals surface area contributed by atoms with Gasteiger partial charge in [0.25, 0.3) is 0 Å². The molecule has 0 aliphatic heterocycles. The van der Waals surface area contributed by atoms with E-state index in [0.29, 0.717) is 89.8 Å². The van der Waals surface area contributed by atoms with E-state index in [4.69, 9.17) is 9.47 Å². The van der Waals surface area contributed by atoms with Gasteiger partial charge in [0.15, 0.2) is 0 Å². The zero-order chi connectivity index (χ0) is 45.1. The monoisotopic (exact) mass is 915 g/mol. The Morgan fingerprint density at radius 3 is 0.758 bits per heavy atom. The van der Waals surface area contributed by atoms with Crippen LogP contribution >= 0.6 is 21.6 Å². The number of carbonyl (C=O) groups excluding carboxylic acids is 4. The molecule has 0 saturated heterocycles. The number of amides is 4. The number of rotatable bonds is 51. The molecule has 0 aromatic heterocycles. The molecule has 0 atom stereocenters. The first-order valence-electron chi connectivity index (χ1n) is 26.0. The summed E-state index contributed by atoms with van der Waals surface area (Å²) < 4.78 is 11.1. The molecule has 4 N–H and O–H groups in total. The van der Waals surface area contributed by atoms with Crippen molar-refractivity contribution in [3.05, 3.63) is 0 Å². The molecule has 4 amide bonds. The standard InChI is InChI=1S/C50H98N4O6S2/c1-3-5-7-9-11-13-15-17-19-21-23-25-27-29-31-33-47(55)51-37-41-59-43-39-53-49(57)35-45-61-62-46-36-50(58)54-40-44-60-42-38-52-48(56)34-32-30-28-26-24-22-20-18-16-14-12-10-8-6-4-2/h3-46H2,1-2H3,(H,51,55)(H,52,56)(H,53,57)(H,54,58). The third kappa shape index (κ3) is 51.1. The predicted molar refractivity (Wildman–Crippen MR) is 267 cm³/mol. The van der Waals surface area contributed by atoms with Crippen LogP contribution in [0.25, 0.3) is 0 Å². The van der Waals surface area contributed by atoms with E-state index in [-0.39, 0.29) is 23.6 Å². The van der Waals surface area contributed by atoms with Gasteiger partial charge in [-0.05, 0) is 12.8 Å². The minimum Gasteiger partial charge on any atom is -0.378 e. The molecule has 0 unspecified atom stereocenters. The lowest BCUT2D eigenvalue weighted by molar-refractivity contribution is -0.122. The van der Waals surface area contributed by atoms with Crippen molar-refractivity contribution in [2.24, 2.45) is 0 Å². The van der Waals surface area contributed by atoms with Crippen molar-refractivity contribution >= 4 is 45.2 Å².